The van der Waals surface area contributed by atoms with Gasteiger partial charge in [0.2, 0.25) is 5.95 Å². The van der Waals surface area contributed by atoms with Gasteiger partial charge in [-0.3, -0.25) is 4.79 Å². The Balaban J connectivity index is 1.49. The van der Waals surface area contributed by atoms with Crippen LogP contribution in [0.15, 0.2) is 36.7 Å². The maximum absolute atomic E-state index is 13.0. The lowest BCUT2D eigenvalue weighted by atomic mass is 9.94. The number of amides is 1. The molecule has 2 aromatic rings. The quantitative estimate of drug-likeness (QED) is 0.784. The average molecular weight is 379 g/mol. The van der Waals surface area contributed by atoms with E-state index >= 15 is 0 Å². The van der Waals surface area contributed by atoms with Crippen molar-refractivity contribution in [3.8, 4) is 11.1 Å². The molecule has 0 unspecified atom stereocenters. The van der Waals surface area contributed by atoms with E-state index in [0.29, 0.717) is 6.04 Å². The Morgan fingerprint density at radius 2 is 1.64 bits per heavy atom. The van der Waals surface area contributed by atoms with Gasteiger partial charge in [0.1, 0.15) is 0 Å². The summed E-state index contributed by atoms with van der Waals surface area (Å²) in [5, 5.41) is 0. The van der Waals surface area contributed by atoms with Gasteiger partial charge in [-0.2, -0.15) is 0 Å². The molecule has 4 rings (SSSR count). The minimum atomic E-state index is 0.111. The highest BCUT2D eigenvalue weighted by Gasteiger charge is 2.23. The molecule has 0 radical (unpaired) electrons. The maximum atomic E-state index is 13.0. The van der Waals surface area contributed by atoms with Gasteiger partial charge in [0, 0.05) is 49.7 Å². The third-order valence-corrected chi connectivity index (χ3v) is 6.16. The number of hydrogen-bond acceptors (Lipinski definition) is 4. The highest BCUT2D eigenvalue weighted by Crippen LogP contribution is 2.25. The summed E-state index contributed by atoms with van der Waals surface area (Å²) < 4.78 is 0. The predicted molar refractivity (Wildman–Crippen MR) is 112 cm³/mol. The SMILES string of the molecule is CN(C(=O)c1cccc(-c2cnc(N3CCCCC3)nc2)c1)C1CCCCC1. The minimum absolute atomic E-state index is 0.111. The Morgan fingerprint density at radius 3 is 2.36 bits per heavy atom. The van der Waals surface area contributed by atoms with Crippen LogP contribution >= 0.6 is 0 Å². The number of anilines is 1. The largest absolute Gasteiger partial charge is 0.341 e. The third-order valence-electron chi connectivity index (χ3n) is 6.16. The van der Waals surface area contributed by atoms with Crippen molar-refractivity contribution < 1.29 is 4.79 Å². The zero-order chi connectivity index (χ0) is 19.3. The number of piperidine rings is 1. The van der Waals surface area contributed by atoms with Crippen LogP contribution in [0.25, 0.3) is 11.1 Å². The van der Waals surface area contributed by atoms with E-state index in [1.54, 1.807) is 0 Å². The Labute approximate surface area is 167 Å². The van der Waals surface area contributed by atoms with E-state index in [-0.39, 0.29) is 5.91 Å². The van der Waals surface area contributed by atoms with Gasteiger partial charge in [-0.05, 0) is 49.8 Å². The summed E-state index contributed by atoms with van der Waals surface area (Å²) >= 11 is 0. The van der Waals surface area contributed by atoms with Crippen LogP contribution in [0.4, 0.5) is 5.95 Å². The van der Waals surface area contributed by atoms with Gasteiger partial charge in [0.05, 0.1) is 0 Å². The molecule has 0 bridgehead atoms. The zero-order valence-electron chi connectivity index (χ0n) is 16.8. The summed E-state index contributed by atoms with van der Waals surface area (Å²) in [6.45, 7) is 2.08. The van der Waals surface area contributed by atoms with E-state index in [1.165, 1.54) is 38.5 Å². The van der Waals surface area contributed by atoms with Gasteiger partial charge in [-0.25, -0.2) is 9.97 Å². The summed E-state index contributed by atoms with van der Waals surface area (Å²) in [6, 6.07) is 8.23. The molecule has 2 aliphatic rings. The molecular weight excluding hydrogens is 348 g/mol. The maximum Gasteiger partial charge on any atom is 0.253 e. The molecule has 2 fully saturated rings. The molecule has 1 saturated carbocycles. The summed E-state index contributed by atoms with van der Waals surface area (Å²) in [5.74, 6) is 0.923. The average Bonchev–Trinajstić information content (AvgIpc) is 2.79. The van der Waals surface area contributed by atoms with Crippen LogP contribution in [0.2, 0.25) is 0 Å². The molecule has 5 nitrogen and oxygen atoms in total. The lowest BCUT2D eigenvalue weighted by Gasteiger charge is -2.31. The van der Waals surface area contributed by atoms with Gasteiger partial charge < -0.3 is 9.80 Å². The van der Waals surface area contributed by atoms with Gasteiger partial charge in [0.25, 0.3) is 5.91 Å². The molecule has 1 amide bonds. The molecule has 2 heterocycles. The molecule has 1 aromatic heterocycles. The molecule has 0 N–H and O–H groups in total. The first-order valence-corrected chi connectivity index (χ1v) is 10.7. The van der Waals surface area contributed by atoms with Crippen LogP contribution in [0.3, 0.4) is 0 Å². The fourth-order valence-corrected chi connectivity index (χ4v) is 4.40. The summed E-state index contributed by atoms with van der Waals surface area (Å²) in [6.07, 6.45) is 13.5. The molecule has 1 saturated heterocycles. The number of rotatable bonds is 4. The van der Waals surface area contributed by atoms with Crippen molar-refractivity contribution in [1.29, 1.82) is 0 Å². The molecule has 0 spiro atoms. The summed E-state index contributed by atoms with van der Waals surface area (Å²) in [4.78, 5) is 26.3. The fourth-order valence-electron chi connectivity index (χ4n) is 4.40. The predicted octanol–water partition coefficient (Wildman–Crippen LogP) is 4.54. The number of nitrogens with zero attached hydrogens (tertiary/aromatic N) is 4. The smallest absolute Gasteiger partial charge is 0.253 e. The number of hydrogen-bond donors (Lipinski definition) is 0. The van der Waals surface area contributed by atoms with Crippen LogP contribution in [0, 0.1) is 0 Å². The second-order valence-electron chi connectivity index (χ2n) is 8.11. The molecule has 1 aliphatic carbocycles. The van der Waals surface area contributed by atoms with Crippen molar-refractivity contribution in [3.63, 3.8) is 0 Å². The second-order valence-corrected chi connectivity index (χ2v) is 8.11. The van der Waals surface area contributed by atoms with Crippen LogP contribution in [-0.2, 0) is 0 Å². The van der Waals surface area contributed by atoms with Crippen LogP contribution in [0.1, 0.15) is 61.7 Å². The first-order valence-electron chi connectivity index (χ1n) is 10.7. The van der Waals surface area contributed by atoms with E-state index in [9.17, 15) is 4.79 Å². The molecule has 5 heteroatoms. The van der Waals surface area contributed by atoms with Gasteiger partial charge in [-0.15, -0.1) is 0 Å². The number of benzene rings is 1. The topological polar surface area (TPSA) is 49.3 Å². The molecule has 0 atom stereocenters. The Bertz CT molecular complexity index is 793. The Morgan fingerprint density at radius 1 is 0.964 bits per heavy atom. The second kappa shape index (κ2) is 8.72. The van der Waals surface area contributed by atoms with E-state index in [1.807, 2.05) is 48.6 Å². The lowest BCUT2D eigenvalue weighted by Crippen LogP contribution is -2.38. The van der Waals surface area contributed by atoms with Gasteiger partial charge in [0.15, 0.2) is 0 Å². The van der Waals surface area contributed by atoms with E-state index in [2.05, 4.69) is 14.9 Å². The Kier molecular flexibility index (Phi) is 5.89. The third kappa shape index (κ3) is 4.18. The van der Waals surface area contributed by atoms with Crippen molar-refractivity contribution in [2.75, 3.05) is 25.0 Å². The van der Waals surface area contributed by atoms with Crippen molar-refractivity contribution >= 4 is 11.9 Å². The molecular formula is C23H30N4O. The van der Waals surface area contributed by atoms with Crippen LogP contribution < -0.4 is 4.90 Å². The summed E-state index contributed by atoms with van der Waals surface area (Å²) in [7, 11) is 1.95. The van der Waals surface area contributed by atoms with E-state index in [0.717, 1.165) is 48.6 Å². The first-order chi connectivity index (χ1) is 13.7. The highest BCUT2D eigenvalue weighted by atomic mass is 16.2. The van der Waals surface area contributed by atoms with Crippen LogP contribution in [-0.4, -0.2) is 47.0 Å². The number of aromatic nitrogens is 2. The fraction of sp³-hybridized carbons (Fsp3) is 0.522. The van der Waals surface area contributed by atoms with Crippen LogP contribution in [0.5, 0.6) is 0 Å². The Hall–Kier alpha value is -2.43. The summed E-state index contributed by atoms with van der Waals surface area (Å²) in [5.41, 5.74) is 2.69. The molecule has 1 aliphatic heterocycles. The standard InChI is InChI=1S/C23H30N4O/c1-26(21-11-4-2-5-12-21)22(28)19-10-8-9-18(15-19)20-16-24-23(25-17-20)27-13-6-3-7-14-27/h8-10,15-17,21H,2-7,11-14H2,1H3. The highest BCUT2D eigenvalue weighted by molar-refractivity contribution is 5.95. The van der Waals surface area contributed by atoms with E-state index < -0.39 is 0 Å². The first kappa shape index (κ1) is 18.9. The zero-order valence-corrected chi connectivity index (χ0v) is 16.8. The van der Waals surface area contributed by atoms with Gasteiger partial charge >= 0.3 is 0 Å². The lowest BCUT2D eigenvalue weighted by molar-refractivity contribution is 0.0696. The van der Waals surface area contributed by atoms with Crippen molar-refractivity contribution in [2.24, 2.45) is 0 Å². The molecule has 148 valence electrons. The van der Waals surface area contributed by atoms with Crippen molar-refractivity contribution in [1.82, 2.24) is 14.9 Å². The van der Waals surface area contributed by atoms with Gasteiger partial charge in [-0.1, -0.05) is 31.4 Å². The minimum Gasteiger partial charge on any atom is -0.341 e. The molecule has 28 heavy (non-hydrogen) atoms. The normalized spacial score (nSPS) is 18.1. The van der Waals surface area contributed by atoms with Crippen molar-refractivity contribution in [3.05, 3.63) is 42.2 Å². The molecule has 1 aromatic carbocycles. The number of carbonyl (C=O) groups excluding carboxylic acids is 1. The van der Waals surface area contributed by atoms with Crippen molar-refractivity contribution in [2.45, 2.75) is 57.4 Å². The van der Waals surface area contributed by atoms with E-state index in [4.69, 9.17) is 0 Å². The monoisotopic (exact) mass is 378 g/mol. The number of carbonyl (C=O) groups is 1.